The number of carbonyl (C=O) groups is 2. The number of nitrogens with one attached hydrogen (secondary N) is 1. The second kappa shape index (κ2) is 12.3. The fourth-order valence-corrected chi connectivity index (χ4v) is 6.27. The van der Waals surface area contributed by atoms with Crippen molar-refractivity contribution in [2.45, 2.75) is 44.9 Å². The second-order valence-electron chi connectivity index (χ2n) is 10.8. The van der Waals surface area contributed by atoms with Gasteiger partial charge in [0.15, 0.2) is 0 Å². The number of hydrogen-bond donors (Lipinski definition) is 1. The topological polar surface area (TPSA) is 46.2 Å². The first-order chi connectivity index (χ1) is 18.9. The predicted octanol–water partition coefficient (Wildman–Crippen LogP) is 7.35. The van der Waals surface area contributed by atoms with Gasteiger partial charge in [-0.25, -0.2) is 0 Å². The Balaban J connectivity index is 1.67. The third-order valence-corrected chi connectivity index (χ3v) is 8.08. The zero-order chi connectivity index (χ0) is 27.9. The molecule has 4 rings (SSSR count). The highest BCUT2D eigenvalue weighted by Crippen LogP contribution is 2.42. The average molecular weight is 518 g/mol. The van der Waals surface area contributed by atoms with Gasteiger partial charge in [-0.1, -0.05) is 149 Å². The highest BCUT2D eigenvalue weighted by Gasteiger charge is 2.46. The number of benzene rings is 4. The maximum atomic E-state index is 14.3. The Morgan fingerprint density at radius 1 is 0.538 bits per heavy atom. The van der Waals surface area contributed by atoms with Crippen molar-refractivity contribution in [1.29, 1.82) is 0 Å². The molecule has 0 aliphatic carbocycles. The molecule has 1 N–H and O–H groups in total. The molecule has 3 nitrogen and oxygen atoms in total. The van der Waals surface area contributed by atoms with Gasteiger partial charge in [0.1, 0.15) is 11.2 Å². The zero-order valence-corrected chi connectivity index (χ0v) is 23.4. The summed E-state index contributed by atoms with van der Waals surface area (Å²) in [5, 5.41) is 3.19. The highest BCUT2D eigenvalue weighted by atomic mass is 16.2. The first-order valence-electron chi connectivity index (χ1n) is 13.9. The van der Waals surface area contributed by atoms with Crippen LogP contribution in [-0.4, -0.2) is 18.2 Å². The van der Waals surface area contributed by atoms with E-state index >= 15 is 0 Å². The number of Topliss-reactive ketones (excluding diaryl/α,β-unsaturated/α-hetero) is 1. The Bertz CT molecular complexity index is 1160. The molecule has 0 atom stereocenters. The van der Waals surface area contributed by atoms with Crippen molar-refractivity contribution in [2.75, 3.05) is 6.54 Å². The molecule has 0 saturated carbocycles. The van der Waals surface area contributed by atoms with Gasteiger partial charge in [0.05, 0.1) is 5.41 Å². The summed E-state index contributed by atoms with van der Waals surface area (Å²) in [4.78, 5) is 28.5. The summed E-state index contributed by atoms with van der Waals surface area (Å²) >= 11 is 0. The van der Waals surface area contributed by atoms with Crippen LogP contribution in [-0.2, 0) is 20.4 Å². The maximum absolute atomic E-state index is 14.3. The fraction of sp³-hybridized carbons (Fsp3) is 0.278. The van der Waals surface area contributed by atoms with Crippen LogP contribution in [0.3, 0.4) is 0 Å². The molecule has 3 heteroatoms. The summed E-state index contributed by atoms with van der Waals surface area (Å²) in [6, 6.07) is 40.0. The Morgan fingerprint density at radius 2 is 0.846 bits per heavy atom. The second-order valence-corrected chi connectivity index (χ2v) is 10.8. The van der Waals surface area contributed by atoms with E-state index in [1.54, 1.807) is 0 Å². The van der Waals surface area contributed by atoms with E-state index in [9.17, 15) is 9.59 Å². The van der Waals surface area contributed by atoms with Crippen LogP contribution in [0.15, 0.2) is 121 Å². The van der Waals surface area contributed by atoms with Gasteiger partial charge >= 0.3 is 0 Å². The third-order valence-electron chi connectivity index (χ3n) is 8.08. The molecular weight excluding hydrogens is 478 g/mol. The van der Waals surface area contributed by atoms with Crippen molar-refractivity contribution in [3.05, 3.63) is 144 Å². The number of hydrogen-bond acceptors (Lipinski definition) is 2. The Hall–Kier alpha value is -3.98. The van der Waals surface area contributed by atoms with E-state index < -0.39 is 10.8 Å². The molecule has 0 spiro atoms. The van der Waals surface area contributed by atoms with Crippen LogP contribution in [0.1, 0.15) is 56.4 Å². The van der Waals surface area contributed by atoms with Crippen molar-refractivity contribution < 1.29 is 9.59 Å². The van der Waals surface area contributed by atoms with Crippen molar-refractivity contribution in [3.63, 3.8) is 0 Å². The van der Waals surface area contributed by atoms with E-state index in [2.05, 4.69) is 33.0 Å². The summed E-state index contributed by atoms with van der Waals surface area (Å²) in [6.45, 7) is 8.63. The molecule has 0 unspecified atom stereocenters. The molecule has 0 radical (unpaired) electrons. The minimum absolute atomic E-state index is 0.0126. The molecule has 0 bridgehead atoms. The van der Waals surface area contributed by atoms with E-state index in [4.69, 9.17) is 0 Å². The fourth-order valence-electron chi connectivity index (χ4n) is 6.27. The van der Waals surface area contributed by atoms with E-state index in [0.29, 0.717) is 0 Å². The number of rotatable bonds is 11. The summed E-state index contributed by atoms with van der Waals surface area (Å²) < 4.78 is 0. The SMILES string of the molecule is CC(C)C(C(=O)CCNC(=O)C(c1ccccc1)(c1ccccc1)C(C)C)(c1ccccc1)c1ccccc1. The highest BCUT2D eigenvalue weighted by molar-refractivity contribution is 5.96. The summed E-state index contributed by atoms with van der Waals surface area (Å²) in [5.41, 5.74) is 2.17. The molecular formula is C36H39NO2. The van der Waals surface area contributed by atoms with Crippen LogP contribution >= 0.6 is 0 Å². The normalized spacial score (nSPS) is 11.9. The van der Waals surface area contributed by atoms with E-state index in [-0.39, 0.29) is 36.5 Å². The molecule has 0 heterocycles. The van der Waals surface area contributed by atoms with Gasteiger partial charge in [-0.15, -0.1) is 0 Å². The van der Waals surface area contributed by atoms with Crippen LogP contribution in [0.2, 0.25) is 0 Å². The first kappa shape index (κ1) is 28.0. The Kier molecular flexibility index (Phi) is 8.81. The van der Waals surface area contributed by atoms with Crippen LogP contribution in [0, 0.1) is 11.8 Å². The largest absolute Gasteiger partial charge is 0.355 e. The lowest BCUT2D eigenvalue weighted by molar-refractivity contribution is -0.127. The monoisotopic (exact) mass is 517 g/mol. The number of amides is 1. The molecule has 4 aromatic carbocycles. The smallest absolute Gasteiger partial charge is 0.235 e. The summed E-state index contributed by atoms with van der Waals surface area (Å²) in [5.74, 6) is 0.0253. The lowest BCUT2D eigenvalue weighted by Crippen LogP contribution is -2.50. The van der Waals surface area contributed by atoms with Gasteiger partial charge in [-0.2, -0.15) is 0 Å². The lowest BCUT2D eigenvalue weighted by Gasteiger charge is -2.39. The molecule has 1 amide bonds. The van der Waals surface area contributed by atoms with Gasteiger partial charge in [0, 0.05) is 13.0 Å². The van der Waals surface area contributed by atoms with Gasteiger partial charge in [0.25, 0.3) is 0 Å². The zero-order valence-electron chi connectivity index (χ0n) is 23.4. The van der Waals surface area contributed by atoms with Crippen molar-refractivity contribution in [1.82, 2.24) is 5.32 Å². The summed E-state index contributed by atoms with van der Waals surface area (Å²) in [7, 11) is 0. The molecule has 0 aliphatic rings. The lowest BCUT2D eigenvalue weighted by atomic mass is 9.63. The predicted molar refractivity (Wildman–Crippen MR) is 160 cm³/mol. The van der Waals surface area contributed by atoms with E-state index in [0.717, 1.165) is 22.3 Å². The first-order valence-corrected chi connectivity index (χ1v) is 13.9. The molecule has 39 heavy (non-hydrogen) atoms. The van der Waals surface area contributed by atoms with E-state index in [1.165, 1.54) is 0 Å². The summed E-state index contributed by atoms with van der Waals surface area (Å²) in [6.07, 6.45) is 0.228. The standard InChI is InChI=1S/C36H39NO2/c1-27(2)35(29-17-9-5-10-18-29,30-19-11-6-12-20-30)33(38)25-26-37-34(39)36(28(3)4,31-21-13-7-14-22-31)32-23-15-8-16-24-32/h5-24,27-28H,25-26H2,1-4H3,(H,37,39). The number of carbonyl (C=O) groups excluding carboxylic acids is 2. The van der Waals surface area contributed by atoms with Gasteiger partial charge in [0.2, 0.25) is 5.91 Å². The van der Waals surface area contributed by atoms with Crippen molar-refractivity contribution in [2.24, 2.45) is 11.8 Å². The van der Waals surface area contributed by atoms with Gasteiger partial charge < -0.3 is 5.32 Å². The minimum Gasteiger partial charge on any atom is -0.355 e. The Labute approximate surface area is 233 Å². The van der Waals surface area contributed by atoms with Gasteiger partial charge in [-0.05, 0) is 34.1 Å². The molecule has 0 aliphatic heterocycles. The molecule has 0 saturated heterocycles. The minimum atomic E-state index is -0.875. The molecule has 0 fully saturated rings. The third kappa shape index (κ3) is 5.18. The van der Waals surface area contributed by atoms with Crippen LogP contribution in [0.4, 0.5) is 0 Å². The van der Waals surface area contributed by atoms with E-state index in [1.807, 2.05) is 121 Å². The van der Waals surface area contributed by atoms with Gasteiger partial charge in [-0.3, -0.25) is 9.59 Å². The van der Waals surface area contributed by atoms with Crippen molar-refractivity contribution in [3.8, 4) is 0 Å². The molecule has 0 aromatic heterocycles. The average Bonchev–Trinajstić information content (AvgIpc) is 2.96. The van der Waals surface area contributed by atoms with Crippen LogP contribution < -0.4 is 5.32 Å². The van der Waals surface area contributed by atoms with Crippen LogP contribution in [0.25, 0.3) is 0 Å². The van der Waals surface area contributed by atoms with Crippen LogP contribution in [0.5, 0.6) is 0 Å². The molecule has 200 valence electrons. The van der Waals surface area contributed by atoms with Crippen molar-refractivity contribution >= 4 is 11.7 Å². The molecule has 4 aromatic rings. The number of ketones is 1. The maximum Gasteiger partial charge on any atom is 0.235 e. The quantitative estimate of drug-likeness (QED) is 0.226. The Morgan fingerprint density at radius 3 is 1.15 bits per heavy atom.